The molecule has 0 unspecified atom stereocenters. The zero-order valence-corrected chi connectivity index (χ0v) is 8.97. The van der Waals surface area contributed by atoms with E-state index in [0.717, 1.165) is 0 Å². The minimum absolute atomic E-state index is 0.314. The van der Waals surface area contributed by atoms with Gasteiger partial charge in [-0.05, 0) is 0 Å². The van der Waals surface area contributed by atoms with Gasteiger partial charge in [0.25, 0.3) is 0 Å². The third-order valence-corrected chi connectivity index (χ3v) is 4.19. The molecule has 0 rings (SSSR count). The Labute approximate surface area is 79.7 Å². The molecule has 0 bridgehead atoms. The van der Waals surface area contributed by atoms with Crippen LogP contribution in [0.1, 0.15) is 0 Å². The first-order chi connectivity index (χ1) is 4.98. The molecule has 0 amide bonds. The first-order valence-electron chi connectivity index (χ1n) is 2.40. The minimum Gasteiger partial charge on any atom is -0.308 e. The Balaban J connectivity index is 4.81. The highest BCUT2D eigenvalue weighted by molar-refractivity contribution is 7.61. The van der Waals surface area contributed by atoms with Crippen LogP contribution in [0.15, 0.2) is 9.26 Å². The zero-order valence-electron chi connectivity index (χ0n) is 5.81. The summed E-state index contributed by atoms with van der Waals surface area (Å²) in [5, 5.41) is 0. The Bertz CT molecular complexity index is 203. The molecule has 0 spiro atoms. The van der Waals surface area contributed by atoms with Gasteiger partial charge in [-0.15, -0.1) is 0 Å². The van der Waals surface area contributed by atoms with Crippen LogP contribution in [-0.4, -0.2) is 14.2 Å². The van der Waals surface area contributed by atoms with Crippen LogP contribution in [0.4, 0.5) is 0 Å². The van der Waals surface area contributed by atoms with Crippen molar-refractivity contribution in [2.75, 3.05) is 14.2 Å². The quantitative estimate of drug-likeness (QED) is 0.709. The van der Waals surface area contributed by atoms with E-state index in [1.807, 2.05) is 0 Å². The lowest BCUT2D eigenvalue weighted by molar-refractivity contribution is 0.285. The van der Waals surface area contributed by atoms with Crippen molar-refractivity contribution in [1.29, 1.82) is 0 Å². The van der Waals surface area contributed by atoms with Gasteiger partial charge in [0.1, 0.15) is 4.49 Å². The fourth-order valence-electron chi connectivity index (χ4n) is 0.338. The van der Waals surface area contributed by atoms with Gasteiger partial charge in [-0.3, -0.25) is 4.57 Å². The van der Waals surface area contributed by atoms with Crippen LogP contribution in [0.2, 0.25) is 0 Å². The van der Waals surface area contributed by atoms with Crippen molar-refractivity contribution in [3.63, 3.8) is 0 Å². The lowest BCUT2D eigenvalue weighted by Crippen LogP contribution is -1.88. The number of rotatable bonds is 3. The van der Waals surface area contributed by atoms with E-state index in [1.165, 1.54) is 14.2 Å². The van der Waals surface area contributed by atoms with Crippen LogP contribution in [-0.2, 0) is 13.6 Å². The third-order valence-electron chi connectivity index (χ3n) is 0.877. The van der Waals surface area contributed by atoms with Crippen LogP contribution >= 0.6 is 42.4 Å². The maximum Gasteiger partial charge on any atom is 0.374 e. The van der Waals surface area contributed by atoms with Crippen molar-refractivity contribution < 1.29 is 13.6 Å². The van der Waals surface area contributed by atoms with E-state index in [-0.39, 0.29) is 9.26 Å². The fourth-order valence-corrected chi connectivity index (χ4v) is 2.05. The Morgan fingerprint density at radius 2 is 1.55 bits per heavy atom. The van der Waals surface area contributed by atoms with Crippen molar-refractivity contribution in [2.24, 2.45) is 0 Å². The molecule has 0 fully saturated rings. The van der Waals surface area contributed by atoms with Crippen LogP contribution in [0.3, 0.4) is 0 Å². The fraction of sp³-hybridized carbons (Fsp3) is 0.500. The standard InChI is InChI=1S/C4H6Cl3O3P/c1-9-11(8,10-2)4(7)3(5)6/h1-2H3. The maximum atomic E-state index is 11.3. The largest absolute Gasteiger partial charge is 0.374 e. The summed E-state index contributed by atoms with van der Waals surface area (Å²) >= 11 is 15.9. The SMILES string of the molecule is COP(=O)(OC)C(Cl)=C(Cl)Cl. The molecule has 3 nitrogen and oxygen atoms in total. The summed E-state index contributed by atoms with van der Waals surface area (Å²) in [6, 6.07) is 0. The Morgan fingerprint density at radius 1 is 1.18 bits per heavy atom. The highest BCUT2D eigenvalue weighted by atomic mass is 35.5. The summed E-state index contributed by atoms with van der Waals surface area (Å²) in [7, 11) is -1.08. The van der Waals surface area contributed by atoms with Gasteiger partial charge in [0.2, 0.25) is 0 Å². The summed E-state index contributed by atoms with van der Waals surface area (Å²) < 4.78 is 19.6. The van der Waals surface area contributed by atoms with Gasteiger partial charge < -0.3 is 9.05 Å². The molecule has 0 aliphatic carbocycles. The van der Waals surface area contributed by atoms with E-state index in [4.69, 9.17) is 34.8 Å². The van der Waals surface area contributed by atoms with E-state index in [2.05, 4.69) is 9.05 Å². The normalized spacial score (nSPS) is 11.4. The van der Waals surface area contributed by atoms with Gasteiger partial charge in [0.05, 0.1) is 0 Å². The predicted molar refractivity (Wildman–Crippen MR) is 46.2 cm³/mol. The van der Waals surface area contributed by atoms with E-state index in [0.29, 0.717) is 0 Å². The Kier molecular flexibility index (Phi) is 5.03. The van der Waals surface area contributed by atoms with Gasteiger partial charge >= 0.3 is 7.60 Å². The smallest absolute Gasteiger partial charge is 0.308 e. The van der Waals surface area contributed by atoms with Crippen LogP contribution in [0.25, 0.3) is 0 Å². The van der Waals surface area contributed by atoms with Gasteiger partial charge in [-0.1, -0.05) is 34.8 Å². The topological polar surface area (TPSA) is 35.5 Å². The van der Waals surface area contributed by atoms with Crippen molar-refractivity contribution in [3.8, 4) is 0 Å². The molecule has 66 valence electrons. The molecular weight excluding hydrogens is 233 g/mol. The van der Waals surface area contributed by atoms with E-state index in [9.17, 15) is 4.57 Å². The van der Waals surface area contributed by atoms with Crippen LogP contribution in [0, 0.1) is 0 Å². The highest BCUT2D eigenvalue weighted by Gasteiger charge is 2.28. The molecule has 0 aromatic carbocycles. The van der Waals surface area contributed by atoms with Gasteiger partial charge in [0, 0.05) is 14.2 Å². The molecule has 0 heterocycles. The first-order valence-corrected chi connectivity index (χ1v) is 5.08. The highest BCUT2D eigenvalue weighted by Crippen LogP contribution is 2.58. The van der Waals surface area contributed by atoms with Crippen molar-refractivity contribution in [3.05, 3.63) is 9.26 Å². The average Bonchev–Trinajstić information content (AvgIpc) is 2.01. The van der Waals surface area contributed by atoms with E-state index in [1.54, 1.807) is 0 Å². The second kappa shape index (κ2) is 4.70. The molecule has 0 aromatic heterocycles. The molecule has 0 radical (unpaired) electrons. The third kappa shape index (κ3) is 2.94. The number of halogens is 3. The van der Waals surface area contributed by atoms with Crippen LogP contribution in [0.5, 0.6) is 0 Å². The summed E-state index contributed by atoms with van der Waals surface area (Å²) in [5.41, 5.74) is 0. The monoisotopic (exact) mass is 238 g/mol. The van der Waals surface area contributed by atoms with Crippen molar-refractivity contribution >= 4 is 42.4 Å². The van der Waals surface area contributed by atoms with Gasteiger partial charge in [0.15, 0.2) is 4.77 Å². The molecule has 7 heteroatoms. The second-order valence-electron chi connectivity index (χ2n) is 1.41. The molecule has 0 atom stereocenters. The van der Waals surface area contributed by atoms with Crippen LogP contribution < -0.4 is 0 Å². The number of hydrogen-bond donors (Lipinski definition) is 0. The minimum atomic E-state index is -3.45. The van der Waals surface area contributed by atoms with E-state index < -0.39 is 7.60 Å². The lowest BCUT2D eigenvalue weighted by atomic mass is 11.2. The summed E-state index contributed by atoms with van der Waals surface area (Å²) in [5.74, 6) is 0. The average molecular weight is 239 g/mol. The molecular formula is C4H6Cl3O3P. The molecule has 0 aromatic rings. The molecule has 0 aliphatic rings. The molecule has 0 aliphatic heterocycles. The molecule has 0 saturated carbocycles. The Morgan fingerprint density at radius 3 is 1.64 bits per heavy atom. The van der Waals surface area contributed by atoms with Gasteiger partial charge in [-0.25, -0.2) is 0 Å². The summed E-state index contributed by atoms with van der Waals surface area (Å²) in [6.45, 7) is 0. The molecule has 0 N–H and O–H groups in total. The summed E-state index contributed by atoms with van der Waals surface area (Å²) in [6.07, 6.45) is 0. The summed E-state index contributed by atoms with van der Waals surface area (Å²) in [4.78, 5) is 0. The van der Waals surface area contributed by atoms with Gasteiger partial charge in [-0.2, -0.15) is 0 Å². The second-order valence-corrected chi connectivity index (χ2v) is 5.18. The lowest BCUT2D eigenvalue weighted by Gasteiger charge is -2.11. The molecule has 0 saturated heterocycles. The number of hydrogen-bond acceptors (Lipinski definition) is 3. The predicted octanol–water partition coefficient (Wildman–Crippen LogP) is 3.32. The zero-order chi connectivity index (χ0) is 9.07. The van der Waals surface area contributed by atoms with Crippen molar-refractivity contribution in [2.45, 2.75) is 0 Å². The Hall–Kier alpha value is 0.760. The maximum absolute atomic E-state index is 11.3. The van der Waals surface area contributed by atoms with Crippen molar-refractivity contribution in [1.82, 2.24) is 0 Å². The van der Waals surface area contributed by atoms with E-state index >= 15 is 0 Å². The molecule has 11 heavy (non-hydrogen) atoms. The first kappa shape index (κ1) is 11.8.